The maximum Gasteiger partial charge on any atom is 0.261 e. The summed E-state index contributed by atoms with van der Waals surface area (Å²) in [6.45, 7) is 5.29. The number of carbonyl (C=O) groups excluding carboxylic acids is 2. The molecule has 4 rings (SSSR count). The van der Waals surface area contributed by atoms with Gasteiger partial charge < -0.3 is 15.5 Å². The number of imide groups is 1. The zero-order valence-corrected chi connectivity index (χ0v) is 17.2. The lowest BCUT2D eigenvalue weighted by molar-refractivity contribution is 0.0659. The summed E-state index contributed by atoms with van der Waals surface area (Å²) in [6, 6.07) is 17.6. The van der Waals surface area contributed by atoms with Crippen molar-refractivity contribution in [3.63, 3.8) is 0 Å². The summed E-state index contributed by atoms with van der Waals surface area (Å²) in [7, 11) is 0. The SMILES string of the molecule is CCNC(=NCCN1C(=O)c2ccccc2C1=O)NC1CCN(c2ccccc2)C1. The van der Waals surface area contributed by atoms with Crippen LogP contribution >= 0.6 is 0 Å². The van der Waals surface area contributed by atoms with E-state index in [0.29, 0.717) is 29.7 Å². The van der Waals surface area contributed by atoms with Gasteiger partial charge in [0.25, 0.3) is 11.8 Å². The highest BCUT2D eigenvalue weighted by atomic mass is 16.2. The average Bonchev–Trinajstić information content (AvgIpc) is 3.33. The van der Waals surface area contributed by atoms with Gasteiger partial charge in [-0.1, -0.05) is 30.3 Å². The molecule has 0 saturated carbocycles. The van der Waals surface area contributed by atoms with Crippen molar-refractivity contribution >= 4 is 23.5 Å². The predicted octanol–water partition coefficient (Wildman–Crippen LogP) is 2.12. The molecule has 156 valence electrons. The molecular formula is C23H27N5O2. The quantitative estimate of drug-likeness (QED) is 0.437. The van der Waals surface area contributed by atoms with Crippen LogP contribution in [-0.2, 0) is 0 Å². The number of hydrogen-bond acceptors (Lipinski definition) is 4. The highest BCUT2D eigenvalue weighted by Gasteiger charge is 2.34. The van der Waals surface area contributed by atoms with E-state index in [1.807, 2.05) is 13.0 Å². The van der Waals surface area contributed by atoms with Crippen molar-refractivity contribution < 1.29 is 9.59 Å². The molecule has 2 amide bonds. The number of benzene rings is 2. The fourth-order valence-electron chi connectivity index (χ4n) is 3.97. The van der Waals surface area contributed by atoms with Crippen molar-refractivity contribution in [3.05, 3.63) is 65.7 Å². The molecule has 1 fully saturated rings. The van der Waals surface area contributed by atoms with Crippen LogP contribution < -0.4 is 15.5 Å². The van der Waals surface area contributed by atoms with E-state index in [0.717, 1.165) is 26.1 Å². The van der Waals surface area contributed by atoms with Gasteiger partial charge >= 0.3 is 0 Å². The number of fused-ring (bicyclic) bond motifs is 1. The van der Waals surface area contributed by atoms with Crippen LogP contribution in [0, 0.1) is 0 Å². The Morgan fingerprint density at radius 1 is 1.03 bits per heavy atom. The maximum absolute atomic E-state index is 12.5. The molecule has 2 aromatic carbocycles. The molecule has 0 radical (unpaired) electrons. The van der Waals surface area contributed by atoms with Crippen LogP contribution in [0.1, 0.15) is 34.1 Å². The number of guanidine groups is 1. The molecule has 2 N–H and O–H groups in total. The van der Waals surface area contributed by atoms with E-state index in [2.05, 4.69) is 44.8 Å². The van der Waals surface area contributed by atoms with Crippen LogP contribution in [0.15, 0.2) is 59.6 Å². The van der Waals surface area contributed by atoms with Crippen LogP contribution in [0.25, 0.3) is 0 Å². The Morgan fingerprint density at radius 3 is 2.37 bits per heavy atom. The number of carbonyl (C=O) groups is 2. The van der Waals surface area contributed by atoms with Crippen molar-refractivity contribution in [1.29, 1.82) is 0 Å². The average molecular weight is 406 g/mol. The molecule has 7 heteroatoms. The summed E-state index contributed by atoms with van der Waals surface area (Å²) in [5.74, 6) is 0.241. The minimum absolute atomic E-state index is 0.238. The van der Waals surface area contributed by atoms with Gasteiger partial charge in [0, 0.05) is 37.9 Å². The molecule has 30 heavy (non-hydrogen) atoms. The van der Waals surface area contributed by atoms with E-state index in [9.17, 15) is 9.59 Å². The molecule has 0 spiro atoms. The Balaban J connectivity index is 1.34. The zero-order valence-electron chi connectivity index (χ0n) is 17.2. The predicted molar refractivity (Wildman–Crippen MR) is 118 cm³/mol. The molecule has 7 nitrogen and oxygen atoms in total. The Labute approximate surface area is 176 Å². The van der Waals surface area contributed by atoms with Gasteiger partial charge in [-0.05, 0) is 37.6 Å². The van der Waals surface area contributed by atoms with E-state index in [-0.39, 0.29) is 18.4 Å². The van der Waals surface area contributed by atoms with Gasteiger partial charge in [0.15, 0.2) is 5.96 Å². The van der Waals surface area contributed by atoms with Crippen LogP contribution in [-0.4, -0.2) is 61.4 Å². The van der Waals surface area contributed by atoms with E-state index in [1.54, 1.807) is 24.3 Å². The maximum atomic E-state index is 12.5. The van der Waals surface area contributed by atoms with Gasteiger partial charge in [0.2, 0.25) is 0 Å². The van der Waals surface area contributed by atoms with Crippen molar-refractivity contribution in [2.75, 3.05) is 37.6 Å². The van der Waals surface area contributed by atoms with Gasteiger partial charge in [-0.25, -0.2) is 0 Å². The Bertz CT molecular complexity index is 909. The fourth-order valence-corrected chi connectivity index (χ4v) is 3.97. The highest BCUT2D eigenvalue weighted by Crippen LogP contribution is 2.22. The Morgan fingerprint density at radius 2 is 1.70 bits per heavy atom. The molecule has 1 saturated heterocycles. The molecule has 2 aromatic rings. The van der Waals surface area contributed by atoms with E-state index >= 15 is 0 Å². The largest absolute Gasteiger partial charge is 0.369 e. The first-order valence-corrected chi connectivity index (χ1v) is 10.5. The number of aliphatic imine (C=N–C) groups is 1. The zero-order chi connectivity index (χ0) is 20.9. The molecule has 2 aliphatic rings. The Kier molecular flexibility index (Phi) is 5.97. The number of para-hydroxylation sites is 1. The molecular weight excluding hydrogens is 378 g/mol. The van der Waals surface area contributed by atoms with Crippen molar-refractivity contribution in [2.24, 2.45) is 4.99 Å². The van der Waals surface area contributed by atoms with E-state index in [4.69, 9.17) is 0 Å². The molecule has 2 aliphatic heterocycles. The van der Waals surface area contributed by atoms with Gasteiger partial charge in [-0.2, -0.15) is 0 Å². The first-order valence-electron chi connectivity index (χ1n) is 10.5. The van der Waals surface area contributed by atoms with Crippen LogP contribution in [0.4, 0.5) is 5.69 Å². The van der Waals surface area contributed by atoms with Crippen molar-refractivity contribution in [1.82, 2.24) is 15.5 Å². The molecule has 1 unspecified atom stereocenters. The molecule has 2 heterocycles. The summed E-state index contributed by atoms with van der Waals surface area (Å²) in [6.07, 6.45) is 1.03. The first kappa shape index (κ1) is 19.9. The topological polar surface area (TPSA) is 77.0 Å². The van der Waals surface area contributed by atoms with Gasteiger partial charge in [-0.15, -0.1) is 0 Å². The first-order chi connectivity index (χ1) is 14.7. The molecule has 0 bridgehead atoms. The van der Waals surface area contributed by atoms with Gasteiger partial charge in [0.05, 0.1) is 17.7 Å². The normalized spacial score (nSPS) is 18.7. The number of anilines is 1. The van der Waals surface area contributed by atoms with Crippen molar-refractivity contribution in [3.8, 4) is 0 Å². The second-order valence-electron chi connectivity index (χ2n) is 7.48. The third-order valence-corrected chi connectivity index (χ3v) is 5.47. The van der Waals surface area contributed by atoms with Gasteiger partial charge in [-0.3, -0.25) is 19.5 Å². The number of amides is 2. The monoisotopic (exact) mass is 405 g/mol. The minimum Gasteiger partial charge on any atom is -0.369 e. The summed E-state index contributed by atoms with van der Waals surface area (Å²) < 4.78 is 0. The molecule has 0 aromatic heterocycles. The minimum atomic E-state index is -0.238. The van der Waals surface area contributed by atoms with E-state index < -0.39 is 0 Å². The second-order valence-corrected chi connectivity index (χ2v) is 7.48. The molecule has 0 aliphatic carbocycles. The standard InChI is InChI=1S/C23H27N5O2/c1-2-24-23(26-17-12-14-27(16-17)18-8-4-3-5-9-18)25-13-15-28-21(29)19-10-6-7-11-20(19)22(28)30/h3-11,17H,2,12-16H2,1H3,(H2,24,25,26). The molecule has 1 atom stereocenters. The van der Waals surface area contributed by atoms with Crippen LogP contribution in [0.2, 0.25) is 0 Å². The van der Waals surface area contributed by atoms with Crippen LogP contribution in [0.3, 0.4) is 0 Å². The fraction of sp³-hybridized carbons (Fsp3) is 0.348. The lowest BCUT2D eigenvalue weighted by Gasteiger charge is -2.20. The number of nitrogens with zero attached hydrogens (tertiary/aromatic N) is 3. The Hall–Kier alpha value is -3.35. The number of nitrogens with one attached hydrogen (secondary N) is 2. The number of rotatable bonds is 6. The summed E-state index contributed by atoms with van der Waals surface area (Å²) in [5, 5.41) is 6.75. The van der Waals surface area contributed by atoms with Crippen molar-refractivity contribution in [2.45, 2.75) is 19.4 Å². The summed E-state index contributed by atoms with van der Waals surface area (Å²) in [5.41, 5.74) is 2.18. The second kappa shape index (κ2) is 8.98. The van der Waals surface area contributed by atoms with E-state index in [1.165, 1.54) is 10.6 Å². The highest BCUT2D eigenvalue weighted by molar-refractivity contribution is 6.21. The lowest BCUT2D eigenvalue weighted by atomic mass is 10.1. The third kappa shape index (κ3) is 4.15. The van der Waals surface area contributed by atoms with Crippen LogP contribution in [0.5, 0.6) is 0 Å². The lowest BCUT2D eigenvalue weighted by Crippen LogP contribution is -2.45. The number of hydrogen-bond donors (Lipinski definition) is 2. The summed E-state index contributed by atoms with van der Waals surface area (Å²) in [4.78, 5) is 33.2. The third-order valence-electron chi connectivity index (χ3n) is 5.47. The smallest absolute Gasteiger partial charge is 0.261 e. The summed E-state index contributed by atoms with van der Waals surface area (Å²) >= 11 is 0. The van der Waals surface area contributed by atoms with Gasteiger partial charge in [0.1, 0.15) is 0 Å².